The summed E-state index contributed by atoms with van der Waals surface area (Å²) >= 11 is 0. The molecule has 1 N–H and O–H groups in total. The Morgan fingerprint density at radius 3 is 2.14 bits per heavy atom. The molecule has 0 bridgehead atoms. The lowest BCUT2D eigenvalue weighted by atomic mass is 9.81. The third kappa shape index (κ3) is 6.06. The number of carbonyl (C=O) groups excluding carboxylic acids is 2. The van der Waals surface area contributed by atoms with E-state index >= 15 is 0 Å². The number of amides is 2. The Kier molecular flexibility index (Phi) is 9.66. The van der Waals surface area contributed by atoms with Gasteiger partial charge in [0.15, 0.2) is 0 Å². The van der Waals surface area contributed by atoms with Gasteiger partial charge in [0.2, 0.25) is 11.8 Å². The third-order valence-electron chi connectivity index (χ3n) is 6.51. The Morgan fingerprint density at radius 2 is 1.59 bits per heavy atom. The Bertz CT molecular complexity index is 542. The maximum atomic E-state index is 13.4. The molecule has 29 heavy (non-hydrogen) atoms. The van der Waals surface area contributed by atoms with Crippen LogP contribution < -0.4 is 5.32 Å². The third-order valence-corrected chi connectivity index (χ3v) is 6.51. The highest BCUT2D eigenvalue weighted by molar-refractivity contribution is 5.90. The average Bonchev–Trinajstić information content (AvgIpc) is 3.45. The highest BCUT2D eigenvalue weighted by atomic mass is 35.5. The molecule has 3 aliphatic heterocycles. The van der Waals surface area contributed by atoms with Gasteiger partial charge in [0.1, 0.15) is 0 Å². The van der Waals surface area contributed by atoms with Crippen LogP contribution in [0.25, 0.3) is 0 Å². The number of halogens is 1. The van der Waals surface area contributed by atoms with Crippen LogP contribution in [-0.2, 0) is 19.1 Å². The topological polar surface area (TPSA) is 71.1 Å². The number of hydrogen-bond donors (Lipinski definition) is 1. The summed E-state index contributed by atoms with van der Waals surface area (Å²) in [7, 11) is 0. The van der Waals surface area contributed by atoms with Crippen molar-refractivity contribution < 1.29 is 19.1 Å². The molecule has 2 amide bonds. The fourth-order valence-corrected chi connectivity index (χ4v) is 4.81. The molecule has 3 atom stereocenters. The second-order valence-corrected chi connectivity index (χ2v) is 8.60. The summed E-state index contributed by atoms with van der Waals surface area (Å²) < 4.78 is 11.1. The van der Waals surface area contributed by atoms with Crippen molar-refractivity contribution in [1.82, 2.24) is 15.1 Å². The molecule has 0 aromatic heterocycles. The quantitative estimate of drug-likeness (QED) is 0.599. The summed E-state index contributed by atoms with van der Waals surface area (Å²) in [5, 5.41) is 3.33. The van der Waals surface area contributed by atoms with Gasteiger partial charge in [-0.15, -0.1) is 12.4 Å². The van der Waals surface area contributed by atoms with E-state index in [9.17, 15) is 9.59 Å². The molecule has 0 aromatic carbocycles. The molecule has 0 spiro atoms. The van der Waals surface area contributed by atoms with Gasteiger partial charge in [-0.25, -0.2) is 0 Å². The van der Waals surface area contributed by atoms with E-state index in [1.165, 1.54) is 0 Å². The monoisotopic (exact) mass is 431 g/mol. The fraction of sp³-hybridized carbons (Fsp3) is 0.905. The van der Waals surface area contributed by atoms with E-state index in [0.29, 0.717) is 38.0 Å². The summed E-state index contributed by atoms with van der Waals surface area (Å²) in [5.41, 5.74) is -0.574. The standard InChI is InChI=1S/C21H37N3O4.ClH/c1-3-27-14-17-5-9-23(12-17)19(25)11-21(7-8-22-16-21)20(26)24-10-6-18(13-24)15-28-4-2;/h17-18,22H,3-16H2,1-2H3;1H. The van der Waals surface area contributed by atoms with Crippen LogP contribution in [0.3, 0.4) is 0 Å². The van der Waals surface area contributed by atoms with Gasteiger partial charge in [-0.3, -0.25) is 9.59 Å². The summed E-state index contributed by atoms with van der Waals surface area (Å²) in [6.07, 6.45) is 3.07. The molecular weight excluding hydrogens is 394 g/mol. The molecule has 0 aliphatic carbocycles. The van der Waals surface area contributed by atoms with Gasteiger partial charge in [0.05, 0.1) is 18.6 Å². The Morgan fingerprint density at radius 1 is 1.00 bits per heavy atom. The van der Waals surface area contributed by atoms with Gasteiger partial charge < -0.3 is 24.6 Å². The lowest BCUT2D eigenvalue weighted by Crippen LogP contribution is -2.47. The van der Waals surface area contributed by atoms with E-state index in [-0.39, 0.29) is 24.2 Å². The molecule has 3 rings (SSSR count). The Labute approximate surface area is 181 Å². The van der Waals surface area contributed by atoms with Crippen LogP contribution >= 0.6 is 12.4 Å². The van der Waals surface area contributed by atoms with Crippen molar-refractivity contribution in [3.63, 3.8) is 0 Å². The van der Waals surface area contributed by atoms with Gasteiger partial charge in [-0.05, 0) is 39.7 Å². The highest BCUT2D eigenvalue weighted by Crippen LogP contribution is 2.35. The van der Waals surface area contributed by atoms with Crippen molar-refractivity contribution in [3.8, 4) is 0 Å². The molecule has 3 heterocycles. The van der Waals surface area contributed by atoms with Crippen LogP contribution in [-0.4, -0.2) is 87.3 Å². The van der Waals surface area contributed by atoms with E-state index in [1.54, 1.807) is 0 Å². The zero-order chi connectivity index (χ0) is 20.0. The van der Waals surface area contributed by atoms with Crippen molar-refractivity contribution in [2.24, 2.45) is 17.3 Å². The van der Waals surface area contributed by atoms with E-state index in [2.05, 4.69) is 5.32 Å². The number of hydrogen-bond acceptors (Lipinski definition) is 5. The molecular formula is C21H38ClN3O4. The van der Waals surface area contributed by atoms with Gasteiger partial charge >= 0.3 is 0 Å². The van der Waals surface area contributed by atoms with Crippen LogP contribution in [0, 0.1) is 17.3 Å². The van der Waals surface area contributed by atoms with E-state index in [4.69, 9.17) is 9.47 Å². The number of carbonyl (C=O) groups is 2. The van der Waals surface area contributed by atoms with Crippen molar-refractivity contribution >= 4 is 24.2 Å². The normalized spacial score (nSPS) is 29.3. The van der Waals surface area contributed by atoms with Crippen molar-refractivity contribution in [3.05, 3.63) is 0 Å². The first-order valence-electron chi connectivity index (χ1n) is 11.0. The van der Waals surface area contributed by atoms with E-state index in [1.807, 2.05) is 23.6 Å². The average molecular weight is 432 g/mol. The molecule has 3 saturated heterocycles. The number of nitrogens with one attached hydrogen (secondary N) is 1. The minimum atomic E-state index is -0.574. The van der Waals surface area contributed by atoms with Crippen LogP contribution in [0.15, 0.2) is 0 Å². The molecule has 0 radical (unpaired) electrons. The SMILES string of the molecule is CCOCC1CCN(C(=O)CC2(C(=O)N3CCC(COCC)C3)CCNC2)C1.Cl. The Hall–Kier alpha value is -0.890. The van der Waals surface area contributed by atoms with Crippen molar-refractivity contribution in [1.29, 1.82) is 0 Å². The van der Waals surface area contributed by atoms with Crippen LogP contribution in [0.2, 0.25) is 0 Å². The van der Waals surface area contributed by atoms with E-state index < -0.39 is 5.41 Å². The second-order valence-electron chi connectivity index (χ2n) is 8.60. The van der Waals surface area contributed by atoms with Crippen molar-refractivity contribution in [2.75, 3.05) is 65.7 Å². The number of ether oxygens (including phenoxy) is 2. The van der Waals surface area contributed by atoms with Crippen molar-refractivity contribution in [2.45, 2.75) is 39.5 Å². The highest BCUT2D eigenvalue weighted by Gasteiger charge is 2.47. The molecule has 168 valence electrons. The first-order chi connectivity index (χ1) is 13.6. The van der Waals surface area contributed by atoms with Gasteiger partial charge in [-0.2, -0.15) is 0 Å². The predicted octanol–water partition coefficient (Wildman–Crippen LogP) is 1.55. The fourth-order valence-electron chi connectivity index (χ4n) is 4.81. The minimum Gasteiger partial charge on any atom is -0.381 e. The number of nitrogens with zero attached hydrogens (tertiary/aromatic N) is 2. The largest absolute Gasteiger partial charge is 0.381 e. The van der Waals surface area contributed by atoms with Crippen LogP contribution in [0.1, 0.15) is 39.5 Å². The summed E-state index contributed by atoms with van der Waals surface area (Å²) in [4.78, 5) is 30.3. The molecule has 0 aromatic rings. The van der Waals surface area contributed by atoms with Gasteiger partial charge in [0, 0.05) is 64.2 Å². The maximum absolute atomic E-state index is 13.4. The zero-order valence-corrected chi connectivity index (χ0v) is 18.8. The molecule has 7 nitrogen and oxygen atoms in total. The Balaban J connectivity index is 0.00000300. The van der Waals surface area contributed by atoms with Gasteiger partial charge in [-0.1, -0.05) is 0 Å². The molecule has 3 unspecified atom stereocenters. The molecule has 0 saturated carbocycles. The number of likely N-dealkylation sites (tertiary alicyclic amines) is 2. The minimum absolute atomic E-state index is 0. The smallest absolute Gasteiger partial charge is 0.230 e. The first-order valence-corrected chi connectivity index (χ1v) is 11.0. The van der Waals surface area contributed by atoms with E-state index in [0.717, 1.165) is 65.2 Å². The maximum Gasteiger partial charge on any atom is 0.230 e. The van der Waals surface area contributed by atoms with Crippen LogP contribution in [0.4, 0.5) is 0 Å². The predicted molar refractivity (Wildman–Crippen MR) is 114 cm³/mol. The van der Waals surface area contributed by atoms with Crippen LogP contribution in [0.5, 0.6) is 0 Å². The lowest BCUT2D eigenvalue weighted by Gasteiger charge is -2.32. The number of rotatable bonds is 9. The van der Waals surface area contributed by atoms with Gasteiger partial charge in [0.25, 0.3) is 0 Å². The molecule has 8 heteroatoms. The molecule has 3 fully saturated rings. The summed E-state index contributed by atoms with van der Waals surface area (Å²) in [6, 6.07) is 0. The summed E-state index contributed by atoms with van der Waals surface area (Å²) in [5.74, 6) is 1.13. The second kappa shape index (κ2) is 11.5. The summed E-state index contributed by atoms with van der Waals surface area (Å²) in [6.45, 7) is 11.4. The lowest BCUT2D eigenvalue weighted by molar-refractivity contribution is -0.146. The molecule has 3 aliphatic rings. The zero-order valence-electron chi connectivity index (χ0n) is 18.0. The first kappa shape index (κ1) is 24.4.